The van der Waals surface area contributed by atoms with Gasteiger partial charge in [-0.25, -0.2) is 4.98 Å². The van der Waals surface area contributed by atoms with Gasteiger partial charge >= 0.3 is 0 Å². The molecular formula is C15H26N2O2S. The Hall–Kier alpha value is -0.490. The maximum atomic E-state index is 8.70. The van der Waals surface area contributed by atoms with Gasteiger partial charge in [0, 0.05) is 24.4 Å². The lowest BCUT2D eigenvalue weighted by Gasteiger charge is -2.31. The molecule has 0 aliphatic carbocycles. The predicted molar refractivity (Wildman–Crippen MR) is 82.5 cm³/mol. The van der Waals surface area contributed by atoms with Crippen LogP contribution in [0.2, 0.25) is 0 Å². The van der Waals surface area contributed by atoms with Crippen molar-refractivity contribution in [2.24, 2.45) is 0 Å². The minimum atomic E-state index is 0.111. The maximum Gasteiger partial charge on any atom is 0.0972 e. The summed E-state index contributed by atoms with van der Waals surface area (Å²) >= 11 is 1.82. The molecule has 1 fully saturated rings. The van der Waals surface area contributed by atoms with E-state index >= 15 is 0 Å². The fraction of sp³-hybridized carbons (Fsp3) is 0.800. The number of thiazole rings is 1. The van der Waals surface area contributed by atoms with Crippen LogP contribution in [0.15, 0.2) is 5.38 Å². The van der Waals surface area contributed by atoms with E-state index in [4.69, 9.17) is 14.8 Å². The summed E-state index contributed by atoms with van der Waals surface area (Å²) in [5.74, 6) is 1.10. The van der Waals surface area contributed by atoms with Crippen LogP contribution in [-0.4, -0.2) is 54.4 Å². The van der Waals surface area contributed by atoms with Gasteiger partial charge in [-0.3, -0.25) is 0 Å². The number of likely N-dealkylation sites (tertiary alicyclic amines) is 1. The van der Waals surface area contributed by atoms with E-state index < -0.39 is 0 Å². The van der Waals surface area contributed by atoms with Gasteiger partial charge in [-0.15, -0.1) is 11.3 Å². The highest BCUT2D eigenvalue weighted by atomic mass is 32.1. The highest BCUT2D eigenvalue weighted by Crippen LogP contribution is 2.30. The van der Waals surface area contributed by atoms with Crippen LogP contribution in [0.1, 0.15) is 49.2 Å². The zero-order valence-corrected chi connectivity index (χ0v) is 13.4. The first-order chi connectivity index (χ1) is 9.70. The van der Waals surface area contributed by atoms with Crippen molar-refractivity contribution in [3.63, 3.8) is 0 Å². The van der Waals surface area contributed by atoms with E-state index in [-0.39, 0.29) is 6.61 Å². The number of aliphatic hydroxyl groups is 1. The van der Waals surface area contributed by atoms with Crippen LogP contribution in [0, 0.1) is 0 Å². The Bertz CT molecular complexity index is 395. The monoisotopic (exact) mass is 298 g/mol. The Kier molecular flexibility index (Phi) is 6.42. The lowest BCUT2D eigenvalue weighted by atomic mass is 9.98. The summed E-state index contributed by atoms with van der Waals surface area (Å²) < 4.78 is 5.36. The second-order valence-corrected chi connectivity index (χ2v) is 6.63. The Labute approximate surface area is 125 Å². The third-order valence-electron chi connectivity index (χ3n) is 3.77. The molecule has 0 spiro atoms. The third kappa shape index (κ3) is 4.52. The summed E-state index contributed by atoms with van der Waals surface area (Å²) in [7, 11) is 0. The zero-order valence-electron chi connectivity index (χ0n) is 12.5. The normalized spacial score (nSPS) is 20.7. The van der Waals surface area contributed by atoms with Crippen molar-refractivity contribution in [2.45, 2.75) is 38.5 Å². The number of hydrogen-bond donors (Lipinski definition) is 1. The van der Waals surface area contributed by atoms with E-state index in [1.807, 2.05) is 11.3 Å². The van der Waals surface area contributed by atoms with Crippen LogP contribution in [-0.2, 0) is 4.74 Å². The van der Waals surface area contributed by atoms with Crippen LogP contribution in [0.5, 0.6) is 0 Å². The highest BCUT2D eigenvalue weighted by Gasteiger charge is 2.23. The van der Waals surface area contributed by atoms with Crippen molar-refractivity contribution in [3.8, 4) is 0 Å². The molecule has 0 bridgehead atoms. The number of piperidine rings is 1. The molecule has 0 aromatic carbocycles. The van der Waals surface area contributed by atoms with E-state index in [9.17, 15) is 0 Å². The van der Waals surface area contributed by atoms with Gasteiger partial charge in [0.05, 0.1) is 30.5 Å². The van der Waals surface area contributed by atoms with E-state index in [1.165, 1.54) is 23.5 Å². The largest absolute Gasteiger partial charge is 0.394 e. The Balaban J connectivity index is 1.83. The smallest absolute Gasteiger partial charge is 0.0972 e. The predicted octanol–water partition coefficient (Wildman–Crippen LogP) is 2.45. The van der Waals surface area contributed by atoms with Crippen molar-refractivity contribution in [2.75, 3.05) is 39.5 Å². The van der Waals surface area contributed by atoms with E-state index in [0.29, 0.717) is 25.0 Å². The summed E-state index contributed by atoms with van der Waals surface area (Å²) in [6, 6.07) is 0. The second-order valence-electron chi connectivity index (χ2n) is 5.74. The molecule has 114 valence electrons. The number of hydrogen-bond acceptors (Lipinski definition) is 5. The van der Waals surface area contributed by atoms with E-state index in [0.717, 1.165) is 19.6 Å². The molecule has 1 N–H and O–H groups in total. The summed E-state index contributed by atoms with van der Waals surface area (Å²) in [5, 5.41) is 12.2. The lowest BCUT2D eigenvalue weighted by molar-refractivity contribution is 0.0672. The molecule has 0 saturated carbocycles. The fourth-order valence-electron chi connectivity index (χ4n) is 2.57. The molecule has 20 heavy (non-hydrogen) atoms. The summed E-state index contributed by atoms with van der Waals surface area (Å²) in [6.45, 7) is 8.87. The SMILES string of the molecule is CC(C)c1csc(C2CCCN(CCOCCO)C2)n1. The van der Waals surface area contributed by atoms with Crippen LogP contribution in [0.3, 0.4) is 0 Å². The molecule has 1 aromatic heterocycles. The minimum absolute atomic E-state index is 0.111. The first kappa shape index (κ1) is 15.9. The number of nitrogens with zero attached hydrogens (tertiary/aromatic N) is 2. The molecule has 2 rings (SSSR count). The minimum Gasteiger partial charge on any atom is -0.394 e. The van der Waals surface area contributed by atoms with Gasteiger partial charge in [0.25, 0.3) is 0 Å². The van der Waals surface area contributed by atoms with Crippen molar-refractivity contribution >= 4 is 11.3 Å². The molecule has 1 aliphatic rings. The molecule has 0 radical (unpaired) electrons. The average molecular weight is 298 g/mol. The number of aliphatic hydroxyl groups excluding tert-OH is 1. The van der Waals surface area contributed by atoms with Crippen LogP contribution in [0.4, 0.5) is 0 Å². The molecule has 2 heterocycles. The molecule has 4 nitrogen and oxygen atoms in total. The quantitative estimate of drug-likeness (QED) is 0.786. The van der Waals surface area contributed by atoms with Crippen molar-refractivity contribution in [3.05, 3.63) is 16.1 Å². The Morgan fingerprint density at radius 3 is 3.05 bits per heavy atom. The molecule has 1 atom stereocenters. The number of ether oxygens (including phenoxy) is 1. The zero-order chi connectivity index (χ0) is 14.4. The van der Waals surface area contributed by atoms with Gasteiger partial charge in [0.2, 0.25) is 0 Å². The van der Waals surface area contributed by atoms with Crippen molar-refractivity contribution in [1.29, 1.82) is 0 Å². The van der Waals surface area contributed by atoms with Gasteiger partial charge in [0.15, 0.2) is 0 Å². The van der Waals surface area contributed by atoms with E-state index in [1.54, 1.807) is 0 Å². The molecule has 0 amide bonds. The standard InChI is InChI=1S/C15H26N2O2S/c1-12(2)14-11-20-15(16-14)13-4-3-5-17(10-13)6-8-19-9-7-18/h11-13,18H,3-10H2,1-2H3. The number of rotatable bonds is 7. The Morgan fingerprint density at radius 1 is 1.50 bits per heavy atom. The van der Waals surface area contributed by atoms with Gasteiger partial charge < -0.3 is 14.7 Å². The van der Waals surface area contributed by atoms with Crippen LogP contribution < -0.4 is 0 Å². The highest BCUT2D eigenvalue weighted by molar-refractivity contribution is 7.09. The van der Waals surface area contributed by atoms with Gasteiger partial charge in [-0.05, 0) is 25.3 Å². The molecule has 1 saturated heterocycles. The third-order valence-corrected chi connectivity index (χ3v) is 4.80. The summed E-state index contributed by atoms with van der Waals surface area (Å²) in [4.78, 5) is 7.27. The molecule has 1 aromatic rings. The lowest BCUT2D eigenvalue weighted by Crippen LogP contribution is -2.36. The number of aromatic nitrogens is 1. The topological polar surface area (TPSA) is 45.6 Å². The first-order valence-corrected chi connectivity index (χ1v) is 8.45. The van der Waals surface area contributed by atoms with Crippen molar-refractivity contribution in [1.82, 2.24) is 9.88 Å². The van der Waals surface area contributed by atoms with Gasteiger partial charge in [-0.1, -0.05) is 13.8 Å². The van der Waals surface area contributed by atoms with Gasteiger partial charge in [-0.2, -0.15) is 0 Å². The maximum absolute atomic E-state index is 8.70. The van der Waals surface area contributed by atoms with Crippen LogP contribution in [0.25, 0.3) is 0 Å². The second kappa shape index (κ2) is 8.08. The van der Waals surface area contributed by atoms with Crippen molar-refractivity contribution < 1.29 is 9.84 Å². The Morgan fingerprint density at radius 2 is 2.35 bits per heavy atom. The van der Waals surface area contributed by atoms with Gasteiger partial charge in [0.1, 0.15) is 0 Å². The molecule has 1 unspecified atom stereocenters. The fourth-order valence-corrected chi connectivity index (χ4v) is 3.68. The average Bonchev–Trinajstić information content (AvgIpc) is 2.94. The van der Waals surface area contributed by atoms with E-state index in [2.05, 4.69) is 24.1 Å². The first-order valence-electron chi connectivity index (χ1n) is 7.57. The molecule has 5 heteroatoms. The molecular weight excluding hydrogens is 272 g/mol. The molecule has 1 aliphatic heterocycles. The van der Waals surface area contributed by atoms with Crippen LogP contribution >= 0.6 is 11.3 Å². The summed E-state index contributed by atoms with van der Waals surface area (Å²) in [5.41, 5.74) is 1.23. The summed E-state index contributed by atoms with van der Waals surface area (Å²) in [6.07, 6.45) is 2.49.